The lowest BCUT2D eigenvalue weighted by molar-refractivity contribution is -0.147. The molecule has 2 heterocycles. The molecule has 0 atom stereocenters. The fourth-order valence-electron chi connectivity index (χ4n) is 3.09. The molecule has 1 aliphatic heterocycles. The number of ether oxygens (including phenoxy) is 2. The number of amidine groups is 2. The quantitative estimate of drug-likeness (QED) is 0.162. The molecule has 10 heteroatoms. The molecule has 33 heavy (non-hydrogen) atoms. The first kappa shape index (κ1) is 24.4. The third kappa shape index (κ3) is 7.40. The number of hydrogen-bond acceptors (Lipinski definition) is 5. The fourth-order valence-corrected chi connectivity index (χ4v) is 3.31. The Bertz CT molecular complexity index is 967. The Hall–Kier alpha value is -3.24. The van der Waals surface area contributed by atoms with Crippen molar-refractivity contribution in [3.8, 4) is 0 Å². The van der Waals surface area contributed by atoms with Crippen molar-refractivity contribution < 1.29 is 14.3 Å². The van der Waals surface area contributed by atoms with Crippen LogP contribution in [0.4, 0.5) is 5.69 Å². The molecule has 1 saturated heterocycles. The minimum atomic E-state index is -0.232. The third-order valence-corrected chi connectivity index (χ3v) is 5.13. The molecule has 0 bridgehead atoms. The largest absolute Gasteiger partial charge is 0.464 e. The van der Waals surface area contributed by atoms with Gasteiger partial charge in [0.05, 0.1) is 31.4 Å². The maximum absolute atomic E-state index is 11.5. The number of carbonyl (C=O) groups is 1. The highest BCUT2D eigenvalue weighted by Crippen LogP contribution is 2.13. The van der Waals surface area contributed by atoms with Gasteiger partial charge in [0.2, 0.25) is 0 Å². The normalized spacial score (nSPS) is 14.2. The molecule has 1 aliphatic rings. The summed E-state index contributed by atoms with van der Waals surface area (Å²) in [6.45, 7) is 7.00. The lowest BCUT2D eigenvalue weighted by atomic mass is 10.2. The van der Waals surface area contributed by atoms with Crippen molar-refractivity contribution in [2.75, 3.05) is 44.8 Å². The smallest absolute Gasteiger partial charge is 0.308 e. The highest BCUT2D eigenvalue weighted by atomic mass is 32.1. The number of carbonyl (C=O) groups excluding carboxylic acids is 1. The number of nitrogens with one attached hydrogen (secondary N) is 4. The van der Waals surface area contributed by atoms with Gasteiger partial charge < -0.3 is 30.0 Å². The van der Waals surface area contributed by atoms with Gasteiger partial charge >= 0.3 is 5.97 Å². The van der Waals surface area contributed by atoms with Crippen molar-refractivity contribution in [2.24, 2.45) is 10.9 Å². The number of nitrogens with zero attached hydrogens (tertiary/aromatic N) is 2. The van der Waals surface area contributed by atoms with Gasteiger partial charge in [-0.2, -0.15) is 0 Å². The summed E-state index contributed by atoms with van der Waals surface area (Å²) in [7, 11) is 0. The molecule has 0 unspecified atom stereocenters. The molecular formula is C23H30N6O3S. The van der Waals surface area contributed by atoms with E-state index in [1.165, 1.54) is 0 Å². The van der Waals surface area contributed by atoms with Gasteiger partial charge in [-0.05, 0) is 48.6 Å². The summed E-state index contributed by atoms with van der Waals surface area (Å²) < 4.78 is 10.6. The van der Waals surface area contributed by atoms with Crippen LogP contribution >= 0.6 is 12.2 Å². The Kier molecular flexibility index (Phi) is 8.96. The van der Waals surface area contributed by atoms with Crippen LogP contribution in [0.5, 0.6) is 0 Å². The first-order valence-electron chi connectivity index (χ1n) is 10.9. The number of benzene rings is 1. The van der Waals surface area contributed by atoms with Crippen LogP contribution in [0.1, 0.15) is 25.1 Å². The van der Waals surface area contributed by atoms with Gasteiger partial charge in [0.25, 0.3) is 0 Å². The van der Waals surface area contributed by atoms with E-state index in [9.17, 15) is 4.79 Å². The van der Waals surface area contributed by atoms with Gasteiger partial charge in [-0.25, -0.2) is 4.99 Å². The van der Waals surface area contributed by atoms with Crippen molar-refractivity contribution in [3.05, 3.63) is 53.9 Å². The van der Waals surface area contributed by atoms with Crippen molar-refractivity contribution in [2.45, 2.75) is 13.8 Å². The molecule has 1 fully saturated rings. The maximum Gasteiger partial charge on any atom is 0.308 e. The monoisotopic (exact) mass is 470 g/mol. The SMILES string of the molecule is CC(C)C(=O)OCCNC(=S)Nc1ccc(C(=N)N=C(c2ccc[nH]2)N2CCOCC2)cc1. The Morgan fingerprint density at radius 3 is 2.64 bits per heavy atom. The first-order chi connectivity index (χ1) is 15.9. The lowest BCUT2D eigenvalue weighted by Crippen LogP contribution is -2.41. The molecule has 0 aliphatic carbocycles. The van der Waals surface area contributed by atoms with Gasteiger partial charge in [-0.15, -0.1) is 0 Å². The predicted octanol–water partition coefficient (Wildman–Crippen LogP) is 2.60. The second kappa shape index (κ2) is 12.1. The number of hydrogen-bond donors (Lipinski definition) is 4. The molecule has 0 radical (unpaired) electrons. The molecule has 1 aromatic carbocycles. The van der Waals surface area contributed by atoms with E-state index in [0.29, 0.717) is 30.4 Å². The molecule has 176 valence electrons. The zero-order valence-corrected chi connectivity index (χ0v) is 19.7. The summed E-state index contributed by atoms with van der Waals surface area (Å²) in [6, 6.07) is 11.2. The molecule has 0 spiro atoms. The summed E-state index contributed by atoms with van der Waals surface area (Å²) >= 11 is 5.28. The van der Waals surface area contributed by atoms with E-state index < -0.39 is 0 Å². The van der Waals surface area contributed by atoms with E-state index in [1.807, 2.05) is 42.6 Å². The predicted molar refractivity (Wildman–Crippen MR) is 133 cm³/mol. The van der Waals surface area contributed by atoms with Gasteiger partial charge in [0.15, 0.2) is 16.8 Å². The van der Waals surface area contributed by atoms with Crippen LogP contribution in [0.3, 0.4) is 0 Å². The number of anilines is 1. The lowest BCUT2D eigenvalue weighted by Gasteiger charge is -2.29. The van der Waals surface area contributed by atoms with Crippen LogP contribution in [-0.2, 0) is 14.3 Å². The fraction of sp³-hybridized carbons (Fsp3) is 0.391. The first-order valence-corrected chi connectivity index (χ1v) is 11.3. The molecule has 3 rings (SSSR count). The summed E-state index contributed by atoms with van der Waals surface area (Å²) in [6.07, 6.45) is 1.85. The number of thiocarbonyl (C=S) groups is 1. The van der Waals surface area contributed by atoms with Gasteiger partial charge in [0, 0.05) is 30.5 Å². The van der Waals surface area contributed by atoms with Crippen LogP contribution in [0, 0.1) is 11.3 Å². The van der Waals surface area contributed by atoms with Crippen LogP contribution in [0.15, 0.2) is 47.6 Å². The van der Waals surface area contributed by atoms with Gasteiger partial charge in [0.1, 0.15) is 6.61 Å². The Morgan fingerprint density at radius 2 is 2.00 bits per heavy atom. The molecule has 0 amide bonds. The molecule has 0 saturated carbocycles. The van der Waals surface area contributed by atoms with E-state index in [0.717, 1.165) is 30.3 Å². The number of H-pyrrole nitrogens is 1. The highest BCUT2D eigenvalue weighted by molar-refractivity contribution is 7.80. The number of esters is 1. The van der Waals surface area contributed by atoms with Crippen LogP contribution in [0.2, 0.25) is 0 Å². The zero-order chi connectivity index (χ0) is 23.6. The Balaban J connectivity index is 1.56. The van der Waals surface area contributed by atoms with Gasteiger partial charge in [-0.1, -0.05) is 13.8 Å². The zero-order valence-electron chi connectivity index (χ0n) is 18.9. The van der Waals surface area contributed by atoms with E-state index in [1.54, 1.807) is 13.8 Å². The Morgan fingerprint density at radius 1 is 1.27 bits per heavy atom. The molecular weight excluding hydrogens is 440 g/mol. The minimum Gasteiger partial charge on any atom is -0.464 e. The van der Waals surface area contributed by atoms with Crippen molar-refractivity contribution in [1.29, 1.82) is 5.41 Å². The van der Waals surface area contributed by atoms with Crippen molar-refractivity contribution in [1.82, 2.24) is 15.2 Å². The van der Waals surface area contributed by atoms with Crippen molar-refractivity contribution >= 4 is 40.7 Å². The average Bonchev–Trinajstić information content (AvgIpc) is 3.35. The summed E-state index contributed by atoms with van der Waals surface area (Å²) in [5, 5.41) is 15.0. The molecule has 1 aromatic heterocycles. The summed E-state index contributed by atoms with van der Waals surface area (Å²) in [5.74, 6) is 0.526. The van der Waals surface area contributed by atoms with E-state index in [-0.39, 0.29) is 24.3 Å². The standard InChI is InChI=1S/C23H30N6O3S/c1-16(2)22(30)32-13-10-26-23(33)27-18-7-5-17(6-8-18)20(24)28-21(19-4-3-9-25-19)29-11-14-31-15-12-29/h3-9,16,24-25H,10-15H2,1-2H3,(H2,26,27,33). The second-order valence-corrected chi connectivity index (χ2v) is 8.16. The van der Waals surface area contributed by atoms with Crippen molar-refractivity contribution in [3.63, 3.8) is 0 Å². The highest BCUT2D eigenvalue weighted by Gasteiger charge is 2.18. The van der Waals surface area contributed by atoms with E-state index >= 15 is 0 Å². The van der Waals surface area contributed by atoms with Crippen LogP contribution < -0.4 is 10.6 Å². The molecule has 2 aromatic rings. The Labute approximate surface area is 199 Å². The number of morpholine rings is 1. The summed E-state index contributed by atoms with van der Waals surface area (Å²) in [5.41, 5.74) is 2.35. The van der Waals surface area contributed by atoms with Crippen LogP contribution in [0.25, 0.3) is 0 Å². The maximum atomic E-state index is 11.5. The molecule has 9 nitrogen and oxygen atoms in total. The average molecular weight is 471 g/mol. The number of aromatic amines is 1. The number of aliphatic imine (C=N–C) groups is 1. The molecule has 4 N–H and O–H groups in total. The number of aromatic nitrogens is 1. The van der Waals surface area contributed by atoms with Crippen LogP contribution in [-0.4, -0.2) is 72.1 Å². The van der Waals surface area contributed by atoms with E-state index in [2.05, 4.69) is 25.5 Å². The minimum absolute atomic E-state index is 0.149. The van der Waals surface area contributed by atoms with E-state index in [4.69, 9.17) is 27.1 Å². The third-order valence-electron chi connectivity index (χ3n) is 4.89. The summed E-state index contributed by atoms with van der Waals surface area (Å²) in [4.78, 5) is 21.4. The number of rotatable bonds is 7. The topological polar surface area (TPSA) is 115 Å². The van der Waals surface area contributed by atoms with Gasteiger partial charge in [-0.3, -0.25) is 10.2 Å². The second-order valence-electron chi connectivity index (χ2n) is 7.75.